The van der Waals surface area contributed by atoms with Gasteiger partial charge in [0.1, 0.15) is 5.75 Å². The van der Waals surface area contributed by atoms with Gasteiger partial charge in [0.2, 0.25) is 0 Å². The van der Waals surface area contributed by atoms with Gasteiger partial charge in [-0.2, -0.15) is 0 Å². The van der Waals surface area contributed by atoms with Crippen molar-refractivity contribution >= 4 is 21.8 Å². The molecule has 116 valence electrons. The van der Waals surface area contributed by atoms with Crippen molar-refractivity contribution in [2.75, 3.05) is 6.54 Å². The Balaban J connectivity index is 2.10. The topological polar surface area (TPSA) is 50.4 Å². The standard InChI is InChI=1S/C16H23BrN2O2/c1-4-18-9-12-8-13(17)7-10(2)15(12)21-11(3)16(20)19-14-5-6-14/h7-8,11,14,18H,4-6,9H2,1-3H3,(H,19,20). The molecule has 1 aliphatic carbocycles. The monoisotopic (exact) mass is 354 g/mol. The highest BCUT2D eigenvalue weighted by Gasteiger charge is 2.27. The lowest BCUT2D eigenvalue weighted by Gasteiger charge is -2.19. The summed E-state index contributed by atoms with van der Waals surface area (Å²) in [6, 6.07) is 4.41. The number of carbonyl (C=O) groups excluding carboxylic acids is 1. The van der Waals surface area contributed by atoms with Crippen molar-refractivity contribution in [2.45, 2.75) is 52.3 Å². The first kappa shape index (κ1) is 16.3. The van der Waals surface area contributed by atoms with Crippen LogP contribution in [-0.2, 0) is 11.3 Å². The molecule has 1 aromatic carbocycles. The van der Waals surface area contributed by atoms with E-state index in [1.54, 1.807) is 6.92 Å². The second kappa shape index (κ2) is 7.27. The van der Waals surface area contributed by atoms with Gasteiger partial charge in [0.05, 0.1) is 0 Å². The summed E-state index contributed by atoms with van der Waals surface area (Å²) in [6.45, 7) is 7.49. The molecule has 1 amide bonds. The van der Waals surface area contributed by atoms with E-state index in [0.29, 0.717) is 6.04 Å². The average Bonchev–Trinajstić information content (AvgIpc) is 3.23. The second-order valence-corrected chi connectivity index (χ2v) is 6.45. The van der Waals surface area contributed by atoms with Crippen LogP contribution in [0.25, 0.3) is 0 Å². The fraction of sp³-hybridized carbons (Fsp3) is 0.562. The lowest BCUT2D eigenvalue weighted by Crippen LogP contribution is -2.37. The number of halogens is 1. The molecule has 1 saturated carbocycles. The maximum absolute atomic E-state index is 12.0. The van der Waals surface area contributed by atoms with Gasteiger partial charge in [-0.25, -0.2) is 0 Å². The highest BCUT2D eigenvalue weighted by molar-refractivity contribution is 9.10. The van der Waals surface area contributed by atoms with Crippen LogP contribution in [0.5, 0.6) is 5.75 Å². The minimum Gasteiger partial charge on any atom is -0.480 e. The summed E-state index contributed by atoms with van der Waals surface area (Å²) < 4.78 is 6.97. The van der Waals surface area contributed by atoms with Gasteiger partial charge in [-0.3, -0.25) is 4.79 Å². The van der Waals surface area contributed by atoms with E-state index in [9.17, 15) is 4.79 Å². The fourth-order valence-corrected chi connectivity index (χ4v) is 2.76. The molecule has 0 bridgehead atoms. The van der Waals surface area contributed by atoms with Gasteiger partial charge in [-0.1, -0.05) is 22.9 Å². The smallest absolute Gasteiger partial charge is 0.260 e. The summed E-state index contributed by atoms with van der Waals surface area (Å²) in [6.07, 6.45) is 1.69. The van der Waals surface area contributed by atoms with Crippen LogP contribution in [0.15, 0.2) is 16.6 Å². The molecule has 0 aliphatic heterocycles. The number of rotatable bonds is 7. The number of ether oxygens (including phenoxy) is 1. The van der Waals surface area contributed by atoms with Crippen molar-refractivity contribution in [3.63, 3.8) is 0 Å². The molecule has 0 radical (unpaired) electrons. The lowest BCUT2D eigenvalue weighted by molar-refractivity contribution is -0.127. The third-order valence-electron chi connectivity index (χ3n) is 3.47. The van der Waals surface area contributed by atoms with Crippen LogP contribution in [0.1, 0.15) is 37.8 Å². The van der Waals surface area contributed by atoms with Crippen LogP contribution in [0.2, 0.25) is 0 Å². The van der Waals surface area contributed by atoms with Gasteiger partial charge in [0.15, 0.2) is 6.10 Å². The van der Waals surface area contributed by atoms with Gasteiger partial charge >= 0.3 is 0 Å². The Labute approximate surface area is 134 Å². The molecule has 1 aromatic rings. The fourth-order valence-electron chi connectivity index (χ4n) is 2.14. The summed E-state index contributed by atoms with van der Waals surface area (Å²) in [7, 11) is 0. The summed E-state index contributed by atoms with van der Waals surface area (Å²) >= 11 is 3.51. The van der Waals surface area contributed by atoms with Crippen molar-refractivity contribution in [3.05, 3.63) is 27.7 Å². The van der Waals surface area contributed by atoms with Crippen LogP contribution in [0, 0.1) is 6.92 Å². The third-order valence-corrected chi connectivity index (χ3v) is 3.93. The predicted molar refractivity (Wildman–Crippen MR) is 87.5 cm³/mol. The number of hydrogen-bond acceptors (Lipinski definition) is 3. The van der Waals surface area contributed by atoms with Crippen molar-refractivity contribution in [1.29, 1.82) is 0 Å². The number of benzene rings is 1. The molecular formula is C16H23BrN2O2. The van der Waals surface area contributed by atoms with Gasteiger partial charge in [0.25, 0.3) is 5.91 Å². The summed E-state index contributed by atoms with van der Waals surface area (Å²) in [5.41, 5.74) is 2.10. The molecule has 1 atom stereocenters. The van der Waals surface area contributed by atoms with Crippen LogP contribution in [0.3, 0.4) is 0 Å². The molecule has 0 heterocycles. The molecule has 2 N–H and O–H groups in total. The van der Waals surface area contributed by atoms with Gasteiger partial charge in [0, 0.05) is 22.6 Å². The zero-order valence-electron chi connectivity index (χ0n) is 12.8. The van der Waals surface area contributed by atoms with E-state index in [-0.39, 0.29) is 5.91 Å². The zero-order chi connectivity index (χ0) is 15.4. The van der Waals surface area contributed by atoms with Gasteiger partial charge in [-0.05, 0) is 50.9 Å². The maximum Gasteiger partial charge on any atom is 0.260 e. The summed E-state index contributed by atoms with van der Waals surface area (Å²) in [5, 5.41) is 6.28. The molecular weight excluding hydrogens is 332 g/mol. The Morgan fingerprint density at radius 2 is 2.19 bits per heavy atom. The molecule has 4 nitrogen and oxygen atoms in total. The number of amides is 1. The van der Waals surface area contributed by atoms with Crippen molar-refractivity contribution in [3.8, 4) is 5.75 Å². The van der Waals surface area contributed by atoms with E-state index in [0.717, 1.165) is 47.3 Å². The molecule has 1 unspecified atom stereocenters. The van der Waals surface area contributed by atoms with Gasteiger partial charge in [-0.15, -0.1) is 0 Å². The number of aryl methyl sites for hydroxylation is 1. The zero-order valence-corrected chi connectivity index (χ0v) is 14.4. The van der Waals surface area contributed by atoms with Crippen LogP contribution in [-0.4, -0.2) is 24.6 Å². The van der Waals surface area contributed by atoms with Crippen LogP contribution >= 0.6 is 15.9 Å². The van der Waals surface area contributed by atoms with E-state index in [1.165, 1.54) is 0 Å². The molecule has 0 saturated heterocycles. The average molecular weight is 355 g/mol. The first-order valence-electron chi connectivity index (χ1n) is 7.48. The van der Waals surface area contributed by atoms with E-state index in [4.69, 9.17) is 4.74 Å². The third kappa shape index (κ3) is 4.71. The van der Waals surface area contributed by atoms with E-state index >= 15 is 0 Å². The minimum absolute atomic E-state index is 0.0331. The quantitative estimate of drug-likeness (QED) is 0.791. The first-order valence-corrected chi connectivity index (χ1v) is 8.27. The highest BCUT2D eigenvalue weighted by Crippen LogP contribution is 2.29. The Kier molecular flexibility index (Phi) is 5.65. The Morgan fingerprint density at radius 3 is 2.81 bits per heavy atom. The predicted octanol–water partition coefficient (Wildman–Crippen LogP) is 2.91. The van der Waals surface area contributed by atoms with E-state index < -0.39 is 6.10 Å². The highest BCUT2D eigenvalue weighted by atomic mass is 79.9. The summed E-state index contributed by atoms with van der Waals surface area (Å²) in [5.74, 6) is 0.770. The molecule has 0 spiro atoms. The molecule has 1 fully saturated rings. The molecule has 0 aromatic heterocycles. The number of nitrogens with one attached hydrogen (secondary N) is 2. The summed E-state index contributed by atoms with van der Waals surface area (Å²) in [4.78, 5) is 12.0. The van der Waals surface area contributed by atoms with Crippen LogP contribution < -0.4 is 15.4 Å². The molecule has 5 heteroatoms. The maximum atomic E-state index is 12.0. The largest absolute Gasteiger partial charge is 0.480 e. The van der Waals surface area contributed by atoms with Crippen LogP contribution in [0.4, 0.5) is 0 Å². The van der Waals surface area contributed by atoms with E-state index in [2.05, 4.69) is 33.5 Å². The lowest BCUT2D eigenvalue weighted by atomic mass is 10.1. The molecule has 21 heavy (non-hydrogen) atoms. The Morgan fingerprint density at radius 1 is 1.48 bits per heavy atom. The van der Waals surface area contributed by atoms with Crippen molar-refractivity contribution < 1.29 is 9.53 Å². The Bertz CT molecular complexity index is 515. The number of hydrogen-bond donors (Lipinski definition) is 2. The second-order valence-electron chi connectivity index (χ2n) is 5.53. The van der Waals surface area contributed by atoms with E-state index in [1.807, 2.05) is 19.1 Å². The molecule has 2 rings (SSSR count). The van der Waals surface area contributed by atoms with Gasteiger partial charge < -0.3 is 15.4 Å². The first-order chi connectivity index (χ1) is 10.0. The van der Waals surface area contributed by atoms with Crippen molar-refractivity contribution in [2.24, 2.45) is 0 Å². The normalized spacial score (nSPS) is 15.6. The Hall–Kier alpha value is -1.07. The van der Waals surface area contributed by atoms with Crippen molar-refractivity contribution in [1.82, 2.24) is 10.6 Å². The minimum atomic E-state index is -0.481. The number of carbonyl (C=O) groups is 1. The molecule has 1 aliphatic rings. The SMILES string of the molecule is CCNCc1cc(Br)cc(C)c1OC(C)C(=O)NC1CC1.